The van der Waals surface area contributed by atoms with E-state index in [-0.39, 0.29) is 38.4 Å². The largest absolute Gasteiger partial charge is 0.469 e. The summed E-state index contributed by atoms with van der Waals surface area (Å²) in [5.74, 6) is -0.933. The molecule has 1 aliphatic rings. The molecule has 0 aliphatic carbocycles. The van der Waals surface area contributed by atoms with Crippen LogP contribution in [0.2, 0.25) is 10.0 Å². The lowest BCUT2D eigenvalue weighted by molar-refractivity contribution is -0.148. The van der Waals surface area contributed by atoms with E-state index >= 15 is 0 Å². The van der Waals surface area contributed by atoms with E-state index in [9.17, 15) is 18.0 Å². The van der Waals surface area contributed by atoms with Crippen LogP contribution in [-0.2, 0) is 24.3 Å². The van der Waals surface area contributed by atoms with Crippen LogP contribution in [0, 0.1) is 12.8 Å². The predicted molar refractivity (Wildman–Crippen MR) is 123 cm³/mol. The Morgan fingerprint density at radius 3 is 2.16 bits per heavy atom. The summed E-state index contributed by atoms with van der Waals surface area (Å²) in [4.78, 5) is 26.4. The maximum atomic E-state index is 13.5. The highest BCUT2D eigenvalue weighted by Crippen LogP contribution is 2.30. The Labute approximate surface area is 197 Å². The second-order valence-corrected chi connectivity index (χ2v) is 10.4. The van der Waals surface area contributed by atoms with Crippen LogP contribution in [0.4, 0.5) is 5.69 Å². The standard InChI is InChI=1S/C22H24Cl2N2O5S/c1-15-3-5-20(6-4-15)32(29,30)26(19-12-17(23)11-18(24)13-19)14-21(27)25-9-7-16(8-10-25)22(28)31-2/h3-6,11-13,16H,7-10,14H2,1-2H3. The number of amides is 1. The molecule has 0 spiro atoms. The van der Waals surface area contributed by atoms with E-state index in [0.29, 0.717) is 25.9 Å². The fourth-order valence-corrected chi connectivity index (χ4v) is 5.50. The van der Waals surface area contributed by atoms with Crippen molar-refractivity contribution in [2.45, 2.75) is 24.7 Å². The molecule has 1 saturated heterocycles. The molecular weight excluding hydrogens is 475 g/mol. The summed E-state index contributed by atoms with van der Waals surface area (Å²) in [6.45, 7) is 2.11. The number of esters is 1. The molecule has 1 amide bonds. The summed E-state index contributed by atoms with van der Waals surface area (Å²) < 4.78 is 32.7. The monoisotopic (exact) mass is 498 g/mol. The minimum absolute atomic E-state index is 0.0522. The Balaban J connectivity index is 1.89. The number of carbonyl (C=O) groups excluding carboxylic acids is 2. The van der Waals surface area contributed by atoms with Gasteiger partial charge in [0.25, 0.3) is 10.0 Å². The number of carbonyl (C=O) groups is 2. The molecule has 0 radical (unpaired) electrons. The van der Waals surface area contributed by atoms with Crippen LogP contribution in [0.1, 0.15) is 18.4 Å². The number of piperidine rings is 1. The normalized spacial score (nSPS) is 14.8. The Morgan fingerprint density at radius 1 is 1.06 bits per heavy atom. The first-order chi connectivity index (χ1) is 15.1. The zero-order valence-electron chi connectivity index (χ0n) is 17.8. The molecule has 0 saturated carbocycles. The van der Waals surface area contributed by atoms with Crippen molar-refractivity contribution in [2.75, 3.05) is 31.0 Å². The maximum Gasteiger partial charge on any atom is 0.308 e. The van der Waals surface area contributed by atoms with Crippen molar-refractivity contribution in [2.24, 2.45) is 5.92 Å². The molecule has 0 aromatic heterocycles. The van der Waals surface area contributed by atoms with Gasteiger partial charge in [0.15, 0.2) is 0 Å². The number of likely N-dealkylation sites (tertiary alicyclic amines) is 1. The van der Waals surface area contributed by atoms with Crippen LogP contribution >= 0.6 is 23.2 Å². The summed E-state index contributed by atoms with van der Waals surface area (Å²) >= 11 is 12.2. The number of sulfonamides is 1. The zero-order valence-corrected chi connectivity index (χ0v) is 20.1. The number of anilines is 1. The molecule has 2 aromatic rings. The van der Waals surface area contributed by atoms with Crippen LogP contribution in [-0.4, -0.2) is 51.9 Å². The zero-order chi connectivity index (χ0) is 23.5. The minimum atomic E-state index is -4.07. The average molecular weight is 499 g/mol. The molecule has 172 valence electrons. The number of hydrogen-bond acceptors (Lipinski definition) is 5. The average Bonchev–Trinajstić information content (AvgIpc) is 2.76. The van der Waals surface area contributed by atoms with Crippen molar-refractivity contribution in [1.82, 2.24) is 4.90 Å². The summed E-state index contributed by atoms with van der Waals surface area (Å²) in [6, 6.07) is 10.8. The molecule has 1 heterocycles. The number of benzene rings is 2. The van der Waals surface area contributed by atoms with Gasteiger partial charge < -0.3 is 9.64 Å². The SMILES string of the molecule is COC(=O)C1CCN(C(=O)CN(c2cc(Cl)cc(Cl)c2)S(=O)(=O)c2ccc(C)cc2)CC1. The van der Waals surface area contributed by atoms with Crippen LogP contribution in [0.5, 0.6) is 0 Å². The highest BCUT2D eigenvalue weighted by atomic mass is 35.5. The molecule has 3 rings (SSSR count). The lowest BCUT2D eigenvalue weighted by Crippen LogP contribution is -2.46. The summed E-state index contributed by atoms with van der Waals surface area (Å²) in [6.07, 6.45) is 0.929. The van der Waals surface area contributed by atoms with Crippen molar-refractivity contribution in [1.29, 1.82) is 0 Å². The van der Waals surface area contributed by atoms with E-state index in [1.807, 2.05) is 6.92 Å². The fraction of sp³-hybridized carbons (Fsp3) is 0.364. The molecule has 0 bridgehead atoms. The summed E-state index contributed by atoms with van der Waals surface area (Å²) in [5, 5.41) is 0.505. The summed E-state index contributed by atoms with van der Waals surface area (Å²) in [7, 11) is -2.73. The number of halogens is 2. The van der Waals surface area contributed by atoms with Crippen molar-refractivity contribution in [3.05, 3.63) is 58.1 Å². The first kappa shape index (κ1) is 24.4. The van der Waals surface area contributed by atoms with E-state index in [2.05, 4.69) is 0 Å². The van der Waals surface area contributed by atoms with E-state index < -0.39 is 16.6 Å². The smallest absolute Gasteiger partial charge is 0.308 e. The molecule has 0 atom stereocenters. The first-order valence-electron chi connectivity index (χ1n) is 10.0. The van der Waals surface area contributed by atoms with Gasteiger partial charge in [0, 0.05) is 23.1 Å². The van der Waals surface area contributed by atoms with Crippen LogP contribution in [0.25, 0.3) is 0 Å². The summed E-state index contributed by atoms with van der Waals surface area (Å²) in [5.41, 5.74) is 1.10. The molecule has 0 unspecified atom stereocenters. The number of rotatable bonds is 6. The van der Waals surface area contributed by atoms with Gasteiger partial charge in [-0.3, -0.25) is 13.9 Å². The number of methoxy groups -OCH3 is 1. The Bertz CT molecular complexity index is 1080. The molecule has 2 aromatic carbocycles. The van der Waals surface area contributed by atoms with Crippen molar-refractivity contribution in [3.8, 4) is 0 Å². The van der Waals surface area contributed by atoms with E-state index in [4.69, 9.17) is 27.9 Å². The molecule has 1 aliphatic heterocycles. The minimum Gasteiger partial charge on any atom is -0.469 e. The van der Waals surface area contributed by atoms with Crippen molar-refractivity contribution >= 4 is 50.8 Å². The number of aryl methyl sites for hydroxylation is 1. The highest BCUT2D eigenvalue weighted by molar-refractivity contribution is 7.92. The second-order valence-electron chi connectivity index (χ2n) is 7.63. The van der Waals surface area contributed by atoms with Gasteiger partial charge in [0.05, 0.1) is 23.6 Å². The Hall–Kier alpha value is -2.29. The van der Waals surface area contributed by atoms with Gasteiger partial charge in [-0.2, -0.15) is 0 Å². The molecule has 7 nitrogen and oxygen atoms in total. The van der Waals surface area contributed by atoms with Gasteiger partial charge >= 0.3 is 5.97 Å². The van der Waals surface area contributed by atoms with Gasteiger partial charge in [-0.25, -0.2) is 8.42 Å². The maximum absolute atomic E-state index is 13.5. The number of nitrogens with zero attached hydrogens (tertiary/aromatic N) is 2. The fourth-order valence-electron chi connectivity index (χ4n) is 3.59. The third-order valence-electron chi connectivity index (χ3n) is 5.41. The van der Waals surface area contributed by atoms with Gasteiger partial charge in [-0.15, -0.1) is 0 Å². The Kier molecular flexibility index (Phi) is 7.69. The lowest BCUT2D eigenvalue weighted by atomic mass is 9.97. The van der Waals surface area contributed by atoms with Crippen LogP contribution in [0.15, 0.2) is 47.4 Å². The highest BCUT2D eigenvalue weighted by Gasteiger charge is 2.32. The van der Waals surface area contributed by atoms with Gasteiger partial charge in [0.2, 0.25) is 5.91 Å². The van der Waals surface area contributed by atoms with E-state index in [1.165, 1.54) is 37.4 Å². The molecule has 32 heavy (non-hydrogen) atoms. The van der Waals surface area contributed by atoms with Crippen LogP contribution in [0.3, 0.4) is 0 Å². The lowest BCUT2D eigenvalue weighted by Gasteiger charge is -2.33. The van der Waals surface area contributed by atoms with E-state index in [0.717, 1.165) is 9.87 Å². The Morgan fingerprint density at radius 2 is 1.62 bits per heavy atom. The molecule has 1 fully saturated rings. The van der Waals surface area contributed by atoms with Gasteiger partial charge in [-0.05, 0) is 50.1 Å². The van der Waals surface area contributed by atoms with E-state index in [1.54, 1.807) is 17.0 Å². The quantitative estimate of drug-likeness (QED) is 0.563. The van der Waals surface area contributed by atoms with Crippen molar-refractivity contribution in [3.63, 3.8) is 0 Å². The number of hydrogen-bond donors (Lipinski definition) is 0. The second kappa shape index (κ2) is 10.1. The van der Waals surface area contributed by atoms with Crippen LogP contribution < -0.4 is 4.31 Å². The third-order valence-corrected chi connectivity index (χ3v) is 7.63. The third kappa shape index (κ3) is 5.54. The molecular formula is C22H24Cl2N2O5S. The van der Waals surface area contributed by atoms with Crippen molar-refractivity contribution < 1.29 is 22.7 Å². The predicted octanol–water partition coefficient (Wildman–Crippen LogP) is 3.91. The van der Waals surface area contributed by atoms with Gasteiger partial charge in [0.1, 0.15) is 6.54 Å². The number of ether oxygens (including phenoxy) is 1. The molecule has 10 heteroatoms. The molecule has 0 N–H and O–H groups in total. The first-order valence-corrected chi connectivity index (χ1v) is 12.2. The van der Waals surface area contributed by atoms with Gasteiger partial charge in [-0.1, -0.05) is 40.9 Å². The topological polar surface area (TPSA) is 84.0 Å².